The fourth-order valence-electron chi connectivity index (χ4n) is 4.43. The largest absolute Gasteiger partial charge is 0.454 e. The normalized spacial score (nSPS) is 26.8. The van der Waals surface area contributed by atoms with Gasteiger partial charge in [0.05, 0.1) is 0 Å². The van der Waals surface area contributed by atoms with Crippen molar-refractivity contribution in [1.29, 1.82) is 0 Å². The van der Waals surface area contributed by atoms with Gasteiger partial charge in [0.15, 0.2) is 6.61 Å². The van der Waals surface area contributed by atoms with E-state index in [9.17, 15) is 19.2 Å². The standard InChI is InChI=1S/C19H31N3O5/c1-5-6-7-20-14(23)11-27-15(24)10-22-16(25)19(21-17(22)26)9-13(2)8-18(3,4)12-19/h13H,5-12H2,1-4H3,(H,20,23)(H,21,26). The molecule has 2 rings (SSSR count). The zero-order valence-electron chi connectivity index (χ0n) is 16.7. The van der Waals surface area contributed by atoms with E-state index in [2.05, 4.69) is 31.4 Å². The van der Waals surface area contributed by atoms with Crippen LogP contribution in [0.15, 0.2) is 0 Å². The summed E-state index contributed by atoms with van der Waals surface area (Å²) in [5.74, 6) is -1.26. The lowest BCUT2D eigenvalue weighted by atomic mass is 9.64. The first kappa shape index (κ1) is 21.2. The lowest BCUT2D eigenvalue weighted by Crippen LogP contribution is -2.54. The molecule has 2 N–H and O–H groups in total. The van der Waals surface area contributed by atoms with Gasteiger partial charge in [0.1, 0.15) is 12.1 Å². The van der Waals surface area contributed by atoms with Crippen LogP contribution < -0.4 is 10.6 Å². The number of unbranched alkanes of at least 4 members (excludes halogenated alkanes) is 1. The molecule has 1 spiro atoms. The molecule has 2 fully saturated rings. The van der Waals surface area contributed by atoms with Crippen LogP contribution in [0.4, 0.5) is 4.79 Å². The van der Waals surface area contributed by atoms with Crippen LogP contribution in [0.2, 0.25) is 0 Å². The van der Waals surface area contributed by atoms with Crippen molar-refractivity contribution in [2.24, 2.45) is 11.3 Å². The average Bonchev–Trinajstić information content (AvgIpc) is 2.75. The molecule has 1 aliphatic heterocycles. The van der Waals surface area contributed by atoms with Crippen LogP contribution in [0.3, 0.4) is 0 Å². The van der Waals surface area contributed by atoms with E-state index >= 15 is 0 Å². The van der Waals surface area contributed by atoms with Crippen LogP contribution >= 0.6 is 0 Å². The van der Waals surface area contributed by atoms with Crippen molar-refractivity contribution in [1.82, 2.24) is 15.5 Å². The Balaban J connectivity index is 1.91. The number of ether oxygens (including phenoxy) is 1. The molecule has 0 aromatic heterocycles. The van der Waals surface area contributed by atoms with Crippen molar-refractivity contribution < 1.29 is 23.9 Å². The Labute approximate surface area is 160 Å². The Morgan fingerprint density at radius 1 is 1.30 bits per heavy atom. The molecule has 2 atom stereocenters. The number of rotatable bonds is 7. The number of hydrogen-bond donors (Lipinski definition) is 2. The SMILES string of the molecule is CCCCNC(=O)COC(=O)CN1C(=O)NC2(CC(C)CC(C)(C)C2)C1=O. The Morgan fingerprint density at radius 2 is 2.00 bits per heavy atom. The average molecular weight is 381 g/mol. The van der Waals surface area contributed by atoms with Crippen molar-refractivity contribution in [2.75, 3.05) is 19.7 Å². The smallest absolute Gasteiger partial charge is 0.326 e. The zero-order chi connectivity index (χ0) is 20.2. The first-order valence-electron chi connectivity index (χ1n) is 9.65. The van der Waals surface area contributed by atoms with Gasteiger partial charge in [-0.25, -0.2) is 4.79 Å². The topological polar surface area (TPSA) is 105 Å². The number of amides is 4. The molecule has 4 amide bonds. The van der Waals surface area contributed by atoms with Crippen molar-refractivity contribution >= 4 is 23.8 Å². The third-order valence-electron chi connectivity index (χ3n) is 5.13. The fraction of sp³-hybridized carbons (Fsp3) is 0.789. The maximum Gasteiger partial charge on any atom is 0.326 e. The van der Waals surface area contributed by atoms with Crippen LogP contribution in [0.1, 0.15) is 59.8 Å². The molecule has 1 heterocycles. The summed E-state index contributed by atoms with van der Waals surface area (Å²) in [4.78, 5) is 49.8. The van der Waals surface area contributed by atoms with E-state index in [1.54, 1.807) is 0 Å². The molecule has 8 heteroatoms. The van der Waals surface area contributed by atoms with E-state index in [0.717, 1.165) is 24.2 Å². The lowest BCUT2D eigenvalue weighted by Gasteiger charge is -2.43. The maximum absolute atomic E-state index is 12.9. The molecule has 152 valence electrons. The number of esters is 1. The van der Waals surface area contributed by atoms with Gasteiger partial charge in [-0.1, -0.05) is 34.1 Å². The summed E-state index contributed by atoms with van der Waals surface area (Å²) in [7, 11) is 0. The summed E-state index contributed by atoms with van der Waals surface area (Å²) in [6.07, 6.45) is 3.88. The van der Waals surface area contributed by atoms with E-state index in [1.165, 1.54) is 0 Å². The highest BCUT2D eigenvalue weighted by Gasteiger charge is 2.56. The van der Waals surface area contributed by atoms with E-state index in [1.807, 2.05) is 6.92 Å². The van der Waals surface area contributed by atoms with Crippen molar-refractivity contribution in [3.63, 3.8) is 0 Å². The minimum atomic E-state index is -0.948. The summed E-state index contributed by atoms with van der Waals surface area (Å²) in [5.41, 5.74) is -1.02. The predicted octanol–water partition coefficient (Wildman–Crippen LogP) is 1.58. The molecule has 8 nitrogen and oxygen atoms in total. The molecule has 2 aliphatic rings. The van der Waals surface area contributed by atoms with E-state index in [4.69, 9.17) is 4.74 Å². The molecular formula is C19H31N3O5. The summed E-state index contributed by atoms with van der Waals surface area (Å²) < 4.78 is 4.91. The predicted molar refractivity (Wildman–Crippen MR) is 98.6 cm³/mol. The van der Waals surface area contributed by atoms with Crippen molar-refractivity contribution in [2.45, 2.75) is 65.3 Å². The Morgan fingerprint density at radius 3 is 2.63 bits per heavy atom. The van der Waals surface area contributed by atoms with Crippen LogP contribution in [-0.2, 0) is 19.1 Å². The van der Waals surface area contributed by atoms with Crippen LogP contribution in [-0.4, -0.2) is 54.0 Å². The lowest BCUT2D eigenvalue weighted by molar-refractivity contribution is -0.151. The number of carbonyl (C=O) groups is 4. The molecular weight excluding hydrogens is 350 g/mol. The second-order valence-corrected chi connectivity index (χ2v) is 8.62. The number of nitrogens with one attached hydrogen (secondary N) is 2. The molecule has 2 unspecified atom stereocenters. The van der Waals surface area contributed by atoms with Crippen molar-refractivity contribution in [3.8, 4) is 0 Å². The summed E-state index contributed by atoms with van der Waals surface area (Å²) in [6, 6.07) is -0.575. The van der Waals surface area contributed by atoms with Gasteiger partial charge in [0, 0.05) is 6.54 Å². The van der Waals surface area contributed by atoms with E-state index in [0.29, 0.717) is 19.4 Å². The number of carbonyl (C=O) groups excluding carboxylic acids is 4. The molecule has 1 saturated heterocycles. The van der Waals surface area contributed by atoms with Gasteiger partial charge in [0.25, 0.3) is 11.8 Å². The molecule has 0 bridgehead atoms. The van der Waals surface area contributed by atoms with Crippen molar-refractivity contribution in [3.05, 3.63) is 0 Å². The first-order chi connectivity index (χ1) is 12.6. The maximum atomic E-state index is 12.9. The second-order valence-electron chi connectivity index (χ2n) is 8.62. The molecule has 27 heavy (non-hydrogen) atoms. The van der Waals surface area contributed by atoms with E-state index < -0.39 is 36.6 Å². The van der Waals surface area contributed by atoms with Gasteiger partial charge < -0.3 is 15.4 Å². The summed E-state index contributed by atoms with van der Waals surface area (Å²) in [6.45, 7) is 7.86. The minimum absolute atomic E-state index is 0.0757. The highest BCUT2D eigenvalue weighted by atomic mass is 16.5. The van der Waals surface area contributed by atoms with Crippen LogP contribution in [0.25, 0.3) is 0 Å². The van der Waals surface area contributed by atoms with Gasteiger partial charge >= 0.3 is 12.0 Å². The highest BCUT2D eigenvalue weighted by Crippen LogP contribution is 2.46. The zero-order valence-corrected chi connectivity index (χ0v) is 16.7. The number of nitrogens with zero attached hydrogens (tertiary/aromatic N) is 1. The van der Waals surface area contributed by atoms with Crippen LogP contribution in [0.5, 0.6) is 0 Å². The fourth-order valence-corrected chi connectivity index (χ4v) is 4.43. The molecule has 0 aromatic rings. The van der Waals surface area contributed by atoms with Gasteiger partial charge in [-0.2, -0.15) is 0 Å². The number of urea groups is 1. The molecule has 1 saturated carbocycles. The third kappa shape index (κ3) is 5.20. The first-order valence-corrected chi connectivity index (χ1v) is 9.65. The number of imide groups is 1. The summed E-state index contributed by atoms with van der Waals surface area (Å²) in [5, 5.41) is 5.44. The Hall–Kier alpha value is -2.12. The second kappa shape index (κ2) is 8.27. The Bertz CT molecular complexity index is 618. The van der Waals surface area contributed by atoms with Crippen LogP contribution in [0, 0.1) is 11.3 Å². The molecule has 0 aromatic carbocycles. The third-order valence-corrected chi connectivity index (χ3v) is 5.13. The van der Waals surface area contributed by atoms with Gasteiger partial charge in [0.2, 0.25) is 0 Å². The van der Waals surface area contributed by atoms with E-state index in [-0.39, 0.29) is 17.2 Å². The Kier molecular flexibility index (Phi) is 6.49. The monoisotopic (exact) mass is 381 g/mol. The quantitative estimate of drug-likeness (QED) is 0.396. The number of hydrogen-bond acceptors (Lipinski definition) is 5. The minimum Gasteiger partial charge on any atom is -0.454 e. The summed E-state index contributed by atoms with van der Waals surface area (Å²) >= 11 is 0. The highest BCUT2D eigenvalue weighted by molar-refractivity contribution is 6.08. The molecule has 1 aliphatic carbocycles. The van der Waals surface area contributed by atoms with Gasteiger partial charge in [-0.3, -0.25) is 19.3 Å². The van der Waals surface area contributed by atoms with Gasteiger partial charge in [-0.15, -0.1) is 0 Å². The molecule has 0 radical (unpaired) electrons. The van der Waals surface area contributed by atoms with Gasteiger partial charge in [-0.05, 0) is 37.0 Å².